The molecule has 3 nitrogen and oxygen atoms in total. The fraction of sp³-hybridized carbons (Fsp3) is 0.167. The first-order valence-electron chi connectivity index (χ1n) is 4.76. The van der Waals surface area contributed by atoms with Crippen molar-refractivity contribution < 1.29 is 10.2 Å². The minimum absolute atomic E-state index is 0.794. The number of rotatable bonds is 1. The summed E-state index contributed by atoms with van der Waals surface area (Å²) in [4.78, 5) is 0. The van der Waals surface area contributed by atoms with Gasteiger partial charge in [0.25, 0.3) is 0 Å². The molecule has 0 aromatic heterocycles. The Bertz CT molecular complexity index is 407. The molecule has 1 aliphatic rings. The van der Waals surface area contributed by atoms with Crippen molar-refractivity contribution in [1.29, 1.82) is 0 Å². The lowest BCUT2D eigenvalue weighted by atomic mass is 9.93. The summed E-state index contributed by atoms with van der Waals surface area (Å²) in [6.45, 7) is 0. The molecule has 1 atom stereocenters. The second-order valence-electron chi connectivity index (χ2n) is 3.63. The molecule has 0 amide bonds. The van der Waals surface area contributed by atoms with Crippen LogP contribution in [0.4, 0.5) is 0 Å². The molecule has 3 heteroatoms. The van der Waals surface area contributed by atoms with E-state index in [4.69, 9.17) is 5.73 Å². The molecule has 1 aromatic rings. The number of allylic oxidation sites excluding steroid dienone is 2. The molecule has 1 unspecified atom stereocenters. The lowest BCUT2D eigenvalue weighted by Gasteiger charge is -2.26. The Hall–Kier alpha value is -1.42. The maximum Gasteiger partial charge on any atom is 0.202 e. The first kappa shape index (κ1) is 10.1. The fourth-order valence-electron chi connectivity index (χ4n) is 1.52. The third-order valence-electron chi connectivity index (χ3n) is 2.47. The third-order valence-corrected chi connectivity index (χ3v) is 2.47. The molecule has 0 aliphatic heterocycles. The van der Waals surface area contributed by atoms with Gasteiger partial charge in [-0.05, 0) is 17.2 Å². The summed E-state index contributed by atoms with van der Waals surface area (Å²) < 4.78 is 0. The standard InChI is InChI=1S/C12H13NO2/c13-11-8-10(6-7-12(11,14)15)9-4-2-1-3-5-9/h1-8,11,14-15H,13H2. The summed E-state index contributed by atoms with van der Waals surface area (Å²) in [5.41, 5.74) is 7.53. The van der Waals surface area contributed by atoms with Gasteiger partial charge in [-0.15, -0.1) is 0 Å². The van der Waals surface area contributed by atoms with E-state index >= 15 is 0 Å². The molecule has 0 spiro atoms. The molecular weight excluding hydrogens is 190 g/mol. The Morgan fingerprint density at radius 2 is 1.80 bits per heavy atom. The Labute approximate surface area is 88.2 Å². The minimum atomic E-state index is -1.93. The average Bonchev–Trinajstić information content (AvgIpc) is 2.23. The number of hydrogen-bond donors (Lipinski definition) is 3. The highest BCUT2D eigenvalue weighted by Gasteiger charge is 2.29. The second-order valence-corrected chi connectivity index (χ2v) is 3.63. The van der Waals surface area contributed by atoms with Crippen LogP contribution in [0.5, 0.6) is 0 Å². The fourth-order valence-corrected chi connectivity index (χ4v) is 1.52. The molecule has 15 heavy (non-hydrogen) atoms. The van der Waals surface area contributed by atoms with Gasteiger partial charge in [0, 0.05) is 0 Å². The monoisotopic (exact) mass is 203 g/mol. The molecule has 0 bridgehead atoms. The van der Waals surface area contributed by atoms with Gasteiger partial charge in [-0.3, -0.25) is 0 Å². The summed E-state index contributed by atoms with van der Waals surface area (Å²) in [5, 5.41) is 18.8. The highest BCUT2D eigenvalue weighted by Crippen LogP contribution is 2.24. The maximum atomic E-state index is 9.41. The van der Waals surface area contributed by atoms with E-state index in [1.807, 2.05) is 30.3 Å². The second kappa shape index (κ2) is 3.62. The summed E-state index contributed by atoms with van der Waals surface area (Å²) in [5.74, 6) is -1.93. The molecule has 0 fully saturated rings. The van der Waals surface area contributed by atoms with E-state index in [1.165, 1.54) is 6.08 Å². The number of nitrogens with two attached hydrogens (primary N) is 1. The van der Waals surface area contributed by atoms with Gasteiger partial charge in [0.1, 0.15) is 0 Å². The molecule has 4 N–H and O–H groups in total. The zero-order chi connectivity index (χ0) is 10.9. The topological polar surface area (TPSA) is 66.5 Å². The first-order chi connectivity index (χ1) is 7.09. The molecule has 78 valence electrons. The smallest absolute Gasteiger partial charge is 0.202 e. The van der Waals surface area contributed by atoms with Crippen LogP contribution in [0.25, 0.3) is 5.57 Å². The maximum absolute atomic E-state index is 9.41. The summed E-state index contributed by atoms with van der Waals surface area (Å²) >= 11 is 0. The van der Waals surface area contributed by atoms with Gasteiger partial charge in [0.15, 0.2) is 0 Å². The van der Waals surface area contributed by atoms with E-state index in [9.17, 15) is 10.2 Å². The van der Waals surface area contributed by atoms with Gasteiger partial charge in [-0.25, -0.2) is 0 Å². The Kier molecular flexibility index (Phi) is 2.44. The molecule has 0 saturated heterocycles. The zero-order valence-corrected chi connectivity index (χ0v) is 8.17. The third kappa shape index (κ3) is 1.99. The molecule has 0 radical (unpaired) electrons. The Morgan fingerprint density at radius 3 is 2.40 bits per heavy atom. The van der Waals surface area contributed by atoms with Crippen LogP contribution in [0.1, 0.15) is 5.56 Å². The molecule has 0 saturated carbocycles. The molecule has 1 aliphatic carbocycles. The number of aliphatic hydroxyl groups is 2. The molecule has 0 heterocycles. The predicted molar refractivity (Wildman–Crippen MR) is 58.7 cm³/mol. The van der Waals surface area contributed by atoms with Crippen molar-refractivity contribution in [2.45, 2.75) is 11.8 Å². The van der Waals surface area contributed by atoms with Gasteiger partial charge in [-0.1, -0.05) is 42.5 Å². The summed E-state index contributed by atoms with van der Waals surface area (Å²) in [6.07, 6.45) is 4.62. The van der Waals surface area contributed by atoms with Crippen LogP contribution in [0.2, 0.25) is 0 Å². The van der Waals surface area contributed by atoms with Crippen LogP contribution in [0, 0.1) is 0 Å². The Morgan fingerprint density at radius 1 is 1.13 bits per heavy atom. The Balaban J connectivity index is 2.32. The van der Waals surface area contributed by atoms with Crippen molar-refractivity contribution in [3.8, 4) is 0 Å². The van der Waals surface area contributed by atoms with Crippen LogP contribution in [-0.4, -0.2) is 22.0 Å². The zero-order valence-electron chi connectivity index (χ0n) is 8.17. The summed E-state index contributed by atoms with van der Waals surface area (Å²) in [6, 6.07) is 8.89. The van der Waals surface area contributed by atoms with Crippen molar-refractivity contribution in [3.05, 3.63) is 54.1 Å². The number of benzene rings is 1. The first-order valence-corrected chi connectivity index (χ1v) is 4.76. The lowest BCUT2D eigenvalue weighted by molar-refractivity contribution is -0.125. The van der Waals surface area contributed by atoms with Crippen molar-refractivity contribution in [3.63, 3.8) is 0 Å². The highest BCUT2D eigenvalue weighted by atomic mass is 16.5. The van der Waals surface area contributed by atoms with Crippen LogP contribution in [0.15, 0.2) is 48.6 Å². The quantitative estimate of drug-likeness (QED) is 0.587. The molecular formula is C12H13NO2. The van der Waals surface area contributed by atoms with E-state index in [2.05, 4.69) is 0 Å². The van der Waals surface area contributed by atoms with Crippen LogP contribution < -0.4 is 5.73 Å². The predicted octanol–water partition coefficient (Wildman–Crippen LogP) is 0.648. The molecule has 1 aromatic carbocycles. The van der Waals surface area contributed by atoms with E-state index < -0.39 is 11.8 Å². The van der Waals surface area contributed by atoms with Gasteiger partial charge >= 0.3 is 0 Å². The van der Waals surface area contributed by atoms with Crippen molar-refractivity contribution in [2.24, 2.45) is 5.73 Å². The van der Waals surface area contributed by atoms with Gasteiger partial charge in [0.2, 0.25) is 5.79 Å². The van der Waals surface area contributed by atoms with E-state index in [1.54, 1.807) is 12.2 Å². The van der Waals surface area contributed by atoms with E-state index in [0.717, 1.165) is 11.1 Å². The normalized spacial score (nSPS) is 23.7. The van der Waals surface area contributed by atoms with Crippen molar-refractivity contribution >= 4 is 5.57 Å². The van der Waals surface area contributed by atoms with E-state index in [-0.39, 0.29) is 0 Å². The van der Waals surface area contributed by atoms with Crippen LogP contribution in [0.3, 0.4) is 0 Å². The average molecular weight is 203 g/mol. The van der Waals surface area contributed by atoms with Crippen molar-refractivity contribution in [1.82, 2.24) is 0 Å². The van der Waals surface area contributed by atoms with E-state index in [0.29, 0.717) is 0 Å². The lowest BCUT2D eigenvalue weighted by Crippen LogP contribution is -2.46. The largest absolute Gasteiger partial charge is 0.361 e. The highest BCUT2D eigenvalue weighted by molar-refractivity contribution is 5.76. The SMILES string of the molecule is NC1C=C(c2ccccc2)C=CC1(O)O. The van der Waals surface area contributed by atoms with Crippen LogP contribution >= 0.6 is 0 Å². The van der Waals surface area contributed by atoms with Gasteiger partial charge in [0.05, 0.1) is 6.04 Å². The number of hydrogen-bond acceptors (Lipinski definition) is 3. The summed E-state index contributed by atoms with van der Waals surface area (Å²) in [7, 11) is 0. The van der Waals surface area contributed by atoms with Crippen molar-refractivity contribution in [2.75, 3.05) is 0 Å². The van der Waals surface area contributed by atoms with Crippen LogP contribution in [-0.2, 0) is 0 Å². The van der Waals surface area contributed by atoms with Gasteiger partial charge in [-0.2, -0.15) is 0 Å². The van der Waals surface area contributed by atoms with Gasteiger partial charge < -0.3 is 15.9 Å². The minimum Gasteiger partial charge on any atom is -0.361 e. The molecule has 2 rings (SSSR count).